The average molecular weight is 506 g/mol. The van der Waals surface area contributed by atoms with Crippen molar-refractivity contribution in [3.05, 3.63) is 101 Å². The van der Waals surface area contributed by atoms with Crippen LogP contribution in [0, 0.1) is 0 Å². The minimum absolute atomic E-state index is 0.0351. The molecular formula is C29H33N2O4S+. The number of nitrogens with zero attached hydrogens (tertiary/aromatic N) is 2. The maximum atomic E-state index is 13.0. The number of fused-ring (bicyclic) bond motifs is 1. The van der Waals surface area contributed by atoms with Crippen LogP contribution >= 0.6 is 0 Å². The van der Waals surface area contributed by atoms with Gasteiger partial charge in [-0.3, -0.25) is 9.69 Å². The Morgan fingerprint density at radius 2 is 1.67 bits per heavy atom. The number of morpholine rings is 1. The Hall–Kier alpha value is -2.68. The van der Waals surface area contributed by atoms with Crippen LogP contribution in [0.15, 0.2) is 77.7 Å². The van der Waals surface area contributed by atoms with Gasteiger partial charge in [-0.05, 0) is 51.9 Å². The van der Waals surface area contributed by atoms with Gasteiger partial charge in [0.25, 0.3) is 0 Å². The number of Topliss-reactive ketones (excluding diaryl/α,β-unsaturated/α-hetero) is 1. The zero-order valence-electron chi connectivity index (χ0n) is 20.6. The molecule has 0 aliphatic carbocycles. The molecule has 0 aromatic heterocycles. The minimum Gasteiger partial charge on any atom is -0.375 e. The number of hydrogen-bond donors (Lipinski definition) is 1. The van der Waals surface area contributed by atoms with Crippen LogP contribution in [-0.2, 0) is 45.3 Å². The normalized spacial score (nSPS) is 20.4. The van der Waals surface area contributed by atoms with E-state index < -0.39 is 10.4 Å². The number of rotatable bonds is 7. The van der Waals surface area contributed by atoms with E-state index in [1.807, 2.05) is 31.2 Å². The largest absolute Gasteiger partial charge is 0.375 e. The quantitative estimate of drug-likeness (QED) is 0.374. The number of benzene rings is 3. The summed E-state index contributed by atoms with van der Waals surface area (Å²) in [6.45, 7) is 6.03. The van der Waals surface area contributed by atoms with Gasteiger partial charge in [-0.1, -0.05) is 65.0 Å². The predicted octanol–water partition coefficient (Wildman–Crippen LogP) is 4.64. The van der Waals surface area contributed by atoms with E-state index in [-0.39, 0.29) is 18.3 Å². The number of ketones is 1. The fourth-order valence-electron chi connectivity index (χ4n) is 4.98. The van der Waals surface area contributed by atoms with E-state index in [1.54, 1.807) is 28.6 Å². The molecule has 2 aliphatic heterocycles. The van der Waals surface area contributed by atoms with Gasteiger partial charge in [-0.15, -0.1) is 0 Å². The first-order chi connectivity index (χ1) is 17.4. The van der Waals surface area contributed by atoms with Crippen LogP contribution in [0.2, 0.25) is 0 Å². The van der Waals surface area contributed by atoms with Crippen LogP contribution in [0.3, 0.4) is 0 Å². The number of hydrogen-bond acceptors (Lipinski definition) is 4. The Morgan fingerprint density at radius 3 is 2.39 bits per heavy atom. The predicted molar refractivity (Wildman–Crippen MR) is 141 cm³/mol. The lowest BCUT2D eigenvalue weighted by Crippen LogP contribution is -2.47. The SMILES string of the molecule is CC1CN([S+](=O)(O)c2ccc(CC(=O)c3ccc(CN4CCc5ccccc5C4)cc3)cc2)CCO1. The van der Waals surface area contributed by atoms with E-state index in [4.69, 9.17) is 4.74 Å². The molecule has 36 heavy (non-hydrogen) atoms. The van der Waals surface area contributed by atoms with Crippen LogP contribution < -0.4 is 0 Å². The van der Waals surface area contributed by atoms with Gasteiger partial charge in [0.15, 0.2) is 5.78 Å². The van der Waals surface area contributed by atoms with E-state index >= 15 is 0 Å². The lowest BCUT2D eigenvalue weighted by molar-refractivity contribution is 0.00804. The second-order valence-electron chi connectivity index (χ2n) is 9.74. The van der Waals surface area contributed by atoms with Crippen LogP contribution in [0.1, 0.15) is 39.5 Å². The molecule has 0 saturated carbocycles. The molecule has 3 aromatic carbocycles. The molecule has 3 aromatic rings. The van der Waals surface area contributed by atoms with Crippen LogP contribution in [0.5, 0.6) is 0 Å². The van der Waals surface area contributed by atoms with Crippen LogP contribution in [0.4, 0.5) is 0 Å². The maximum absolute atomic E-state index is 13.0. The summed E-state index contributed by atoms with van der Waals surface area (Å²) in [5.74, 6) is 0.0351. The molecule has 1 N–H and O–H groups in total. The molecule has 7 heteroatoms. The molecule has 0 radical (unpaired) electrons. The summed E-state index contributed by atoms with van der Waals surface area (Å²) >= 11 is 0. The average Bonchev–Trinajstić information content (AvgIpc) is 2.89. The van der Waals surface area contributed by atoms with Crippen molar-refractivity contribution >= 4 is 16.2 Å². The van der Waals surface area contributed by atoms with Crippen molar-refractivity contribution in [1.29, 1.82) is 0 Å². The van der Waals surface area contributed by atoms with Gasteiger partial charge in [-0.2, -0.15) is 4.55 Å². The van der Waals surface area contributed by atoms with Gasteiger partial charge in [0.05, 0.1) is 25.8 Å². The Labute approximate surface area is 214 Å². The fraction of sp³-hybridized carbons (Fsp3) is 0.345. The lowest BCUT2D eigenvalue weighted by Gasteiger charge is -2.28. The van der Waals surface area contributed by atoms with E-state index in [1.165, 1.54) is 16.7 Å². The molecule has 1 fully saturated rings. The van der Waals surface area contributed by atoms with Crippen molar-refractivity contribution in [2.45, 2.75) is 43.9 Å². The third-order valence-corrected chi connectivity index (χ3v) is 8.96. The van der Waals surface area contributed by atoms with Crippen molar-refractivity contribution in [3.63, 3.8) is 0 Å². The zero-order chi connectivity index (χ0) is 25.1. The van der Waals surface area contributed by atoms with Crippen molar-refractivity contribution in [1.82, 2.24) is 9.21 Å². The summed E-state index contributed by atoms with van der Waals surface area (Å²) in [6.07, 6.45) is 1.25. The van der Waals surface area contributed by atoms with Gasteiger partial charge in [0.2, 0.25) is 4.90 Å². The van der Waals surface area contributed by atoms with Crippen molar-refractivity contribution in [3.8, 4) is 0 Å². The summed E-state index contributed by atoms with van der Waals surface area (Å²) < 4.78 is 30.8. The highest BCUT2D eigenvalue weighted by Gasteiger charge is 2.40. The molecule has 5 rings (SSSR count). The second kappa shape index (κ2) is 10.7. The van der Waals surface area contributed by atoms with Gasteiger partial charge in [-0.25, -0.2) is 0 Å². The summed E-state index contributed by atoms with van der Waals surface area (Å²) in [5, 5.41) is 0. The first kappa shape index (κ1) is 25.0. The Bertz CT molecular complexity index is 1260. The van der Waals surface area contributed by atoms with Crippen LogP contribution in [-0.4, -0.2) is 51.9 Å². The number of carbonyl (C=O) groups is 1. The zero-order valence-corrected chi connectivity index (χ0v) is 21.5. The molecule has 2 aliphatic rings. The Morgan fingerprint density at radius 1 is 0.972 bits per heavy atom. The highest BCUT2D eigenvalue weighted by atomic mass is 32.3. The molecule has 6 nitrogen and oxygen atoms in total. The summed E-state index contributed by atoms with van der Waals surface area (Å²) in [7, 11) is -3.31. The number of carbonyl (C=O) groups excluding carboxylic acids is 1. The monoisotopic (exact) mass is 505 g/mol. The van der Waals surface area contributed by atoms with E-state index in [9.17, 15) is 13.6 Å². The summed E-state index contributed by atoms with van der Waals surface area (Å²) in [6, 6.07) is 23.4. The van der Waals surface area contributed by atoms with Gasteiger partial charge in [0, 0.05) is 31.6 Å². The third kappa shape index (κ3) is 5.66. The van der Waals surface area contributed by atoms with Gasteiger partial charge in [0.1, 0.15) is 0 Å². The molecule has 2 heterocycles. The standard InChI is InChI=1S/C29H32N2O4S/c1-22-19-31(16-17-35-22)36(33,34)28-12-8-23(9-13-28)18-29(32)26-10-6-24(7-11-26)20-30-15-14-25-4-2-3-5-27(25)21-30/h2-13,22H,14-21H2,1H3/p+1. The molecule has 2 unspecified atom stereocenters. The molecule has 0 spiro atoms. The van der Waals surface area contributed by atoms with Crippen molar-refractivity contribution < 1.29 is 18.3 Å². The van der Waals surface area contributed by atoms with E-state index in [2.05, 4.69) is 29.2 Å². The fourth-order valence-corrected chi connectivity index (χ4v) is 6.50. The van der Waals surface area contributed by atoms with E-state index in [0.29, 0.717) is 30.2 Å². The molecule has 188 valence electrons. The van der Waals surface area contributed by atoms with Gasteiger partial charge < -0.3 is 4.74 Å². The Balaban J connectivity index is 1.18. The lowest BCUT2D eigenvalue weighted by atomic mass is 9.99. The molecule has 1 saturated heterocycles. The summed E-state index contributed by atoms with van der Waals surface area (Å²) in [5.41, 5.74) is 5.55. The minimum atomic E-state index is -3.31. The van der Waals surface area contributed by atoms with Crippen molar-refractivity contribution in [2.75, 3.05) is 26.2 Å². The first-order valence-electron chi connectivity index (χ1n) is 12.5. The smallest absolute Gasteiger partial charge is 0.325 e. The molecule has 2 atom stereocenters. The first-order valence-corrected chi connectivity index (χ1v) is 14.0. The Kier molecular flexibility index (Phi) is 7.46. The molecular weight excluding hydrogens is 472 g/mol. The highest BCUT2D eigenvalue weighted by Crippen LogP contribution is 2.25. The van der Waals surface area contributed by atoms with E-state index in [0.717, 1.165) is 31.6 Å². The number of ether oxygens (including phenoxy) is 1. The molecule has 0 bridgehead atoms. The third-order valence-electron chi connectivity index (χ3n) is 7.04. The summed E-state index contributed by atoms with van der Waals surface area (Å²) in [4.78, 5) is 15.7. The maximum Gasteiger partial charge on any atom is 0.325 e. The second-order valence-corrected chi connectivity index (χ2v) is 11.7. The van der Waals surface area contributed by atoms with Gasteiger partial charge >= 0.3 is 10.4 Å². The van der Waals surface area contributed by atoms with Crippen LogP contribution in [0.25, 0.3) is 0 Å². The molecule has 0 amide bonds. The van der Waals surface area contributed by atoms with Crippen molar-refractivity contribution in [2.24, 2.45) is 0 Å². The highest BCUT2D eigenvalue weighted by molar-refractivity contribution is 7.95. The topological polar surface area (TPSA) is 70.1 Å².